The van der Waals surface area contributed by atoms with E-state index in [1.165, 1.54) is 0 Å². The summed E-state index contributed by atoms with van der Waals surface area (Å²) in [4.78, 5) is 16.4. The average molecular weight is 298 g/mol. The van der Waals surface area contributed by atoms with E-state index in [4.69, 9.17) is 4.42 Å². The lowest BCUT2D eigenvalue weighted by Crippen LogP contribution is -2.26. The van der Waals surface area contributed by atoms with Crippen molar-refractivity contribution in [2.45, 2.75) is 25.8 Å². The Hall–Kier alpha value is -2.63. The molecule has 0 aliphatic rings. The summed E-state index contributed by atoms with van der Waals surface area (Å²) in [7, 11) is 1.86. The molecule has 0 aliphatic heterocycles. The molecule has 6 heteroatoms. The summed E-state index contributed by atoms with van der Waals surface area (Å²) < 4.78 is 7.39. The number of nitrogens with one attached hydrogen (secondary N) is 1. The number of para-hydroxylation sites is 2. The van der Waals surface area contributed by atoms with Gasteiger partial charge in [-0.1, -0.05) is 12.1 Å². The molecule has 1 N–H and O–H groups in total. The van der Waals surface area contributed by atoms with Crippen LogP contribution in [0.5, 0.6) is 0 Å². The number of nitrogens with zero attached hydrogens (tertiary/aromatic N) is 3. The van der Waals surface area contributed by atoms with E-state index >= 15 is 0 Å². The molecule has 0 saturated heterocycles. The molecule has 0 fully saturated rings. The van der Waals surface area contributed by atoms with Crippen molar-refractivity contribution in [3.63, 3.8) is 0 Å². The summed E-state index contributed by atoms with van der Waals surface area (Å²) in [5.41, 5.74) is 2.58. The second-order valence-corrected chi connectivity index (χ2v) is 5.33. The van der Waals surface area contributed by atoms with Gasteiger partial charge in [0.1, 0.15) is 11.6 Å². The van der Waals surface area contributed by atoms with Crippen molar-refractivity contribution in [2.75, 3.05) is 0 Å². The molecule has 22 heavy (non-hydrogen) atoms. The molecule has 0 aliphatic carbocycles. The Kier molecular flexibility index (Phi) is 3.91. The van der Waals surface area contributed by atoms with E-state index in [2.05, 4.69) is 15.4 Å². The van der Waals surface area contributed by atoms with Crippen LogP contribution in [0.25, 0.3) is 11.1 Å². The van der Waals surface area contributed by atoms with Crippen molar-refractivity contribution in [2.24, 2.45) is 7.05 Å². The van der Waals surface area contributed by atoms with Crippen molar-refractivity contribution < 1.29 is 9.21 Å². The minimum absolute atomic E-state index is 0.0291. The van der Waals surface area contributed by atoms with Gasteiger partial charge in [0.05, 0.1) is 6.20 Å². The molecule has 3 aromatic rings. The van der Waals surface area contributed by atoms with Gasteiger partial charge >= 0.3 is 0 Å². The number of rotatable bonds is 5. The molecule has 2 aromatic heterocycles. The van der Waals surface area contributed by atoms with Crippen LogP contribution < -0.4 is 5.32 Å². The van der Waals surface area contributed by atoms with E-state index in [0.29, 0.717) is 18.7 Å². The molecular formula is C16H18N4O2. The number of fused-ring (bicyclic) bond motifs is 1. The fraction of sp³-hybridized carbons (Fsp3) is 0.312. The van der Waals surface area contributed by atoms with Crippen LogP contribution in [-0.2, 0) is 18.3 Å². The van der Waals surface area contributed by atoms with Crippen molar-refractivity contribution in [1.82, 2.24) is 20.1 Å². The lowest BCUT2D eigenvalue weighted by Gasteiger charge is -2.09. The van der Waals surface area contributed by atoms with Gasteiger partial charge < -0.3 is 9.73 Å². The van der Waals surface area contributed by atoms with Gasteiger partial charge in [-0.25, -0.2) is 4.98 Å². The highest BCUT2D eigenvalue weighted by atomic mass is 16.3. The number of carbonyl (C=O) groups excluding carboxylic acids is 1. The summed E-state index contributed by atoms with van der Waals surface area (Å²) >= 11 is 0. The predicted octanol–water partition coefficient (Wildman–Crippen LogP) is 2.37. The Labute approximate surface area is 128 Å². The van der Waals surface area contributed by atoms with Crippen LogP contribution in [-0.4, -0.2) is 20.7 Å². The Balaban J connectivity index is 1.58. The SMILES string of the molecule is CC(NC(=O)CCc1cnn(C)c1)c1nc2ccccc2o1. The number of hydrogen-bond acceptors (Lipinski definition) is 4. The molecule has 1 amide bonds. The van der Waals surface area contributed by atoms with Crippen LogP contribution in [0.2, 0.25) is 0 Å². The minimum atomic E-state index is -0.256. The van der Waals surface area contributed by atoms with Gasteiger partial charge in [0.25, 0.3) is 0 Å². The Morgan fingerprint density at radius 2 is 2.23 bits per heavy atom. The second kappa shape index (κ2) is 6.01. The van der Waals surface area contributed by atoms with E-state index in [-0.39, 0.29) is 11.9 Å². The van der Waals surface area contributed by atoms with Crippen LogP contribution >= 0.6 is 0 Å². The minimum Gasteiger partial charge on any atom is -0.438 e. The molecule has 1 atom stereocenters. The smallest absolute Gasteiger partial charge is 0.220 e. The van der Waals surface area contributed by atoms with E-state index in [9.17, 15) is 4.79 Å². The van der Waals surface area contributed by atoms with Gasteiger partial charge in [0.2, 0.25) is 11.8 Å². The number of carbonyl (C=O) groups is 1. The Bertz CT molecular complexity index is 757. The van der Waals surface area contributed by atoms with Gasteiger partial charge in [0.15, 0.2) is 5.58 Å². The van der Waals surface area contributed by atoms with Crippen LogP contribution in [0, 0.1) is 0 Å². The molecule has 0 bridgehead atoms. The summed E-state index contributed by atoms with van der Waals surface area (Å²) in [6.07, 6.45) is 4.77. The van der Waals surface area contributed by atoms with Crippen LogP contribution in [0.3, 0.4) is 0 Å². The maximum Gasteiger partial charge on any atom is 0.220 e. The standard InChI is InChI=1S/C16H18N4O2/c1-11(16-19-13-5-3-4-6-14(13)22-16)18-15(21)8-7-12-9-17-20(2)10-12/h3-6,9-11H,7-8H2,1-2H3,(H,18,21). The summed E-state index contributed by atoms with van der Waals surface area (Å²) in [6, 6.07) is 7.30. The molecule has 0 radical (unpaired) electrons. The van der Waals surface area contributed by atoms with Crippen molar-refractivity contribution in [3.05, 3.63) is 48.1 Å². The zero-order chi connectivity index (χ0) is 15.5. The highest BCUT2D eigenvalue weighted by Gasteiger charge is 2.15. The highest BCUT2D eigenvalue weighted by Crippen LogP contribution is 2.19. The molecule has 3 rings (SSSR count). The zero-order valence-electron chi connectivity index (χ0n) is 12.6. The first kappa shape index (κ1) is 14.3. The first-order valence-corrected chi connectivity index (χ1v) is 7.24. The normalized spacial score (nSPS) is 12.5. The highest BCUT2D eigenvalue weighted by molar-refractivity contribution is 5.77. The van der Waals surface area contributed by atoms with Crippen LogP contribution in [0.15, 0.2) is 41.1 Å². The maximum absolute atomic E-state index is 12.0. The molecule has 1 aromatic carbocycles. The van der Waals surface area contributed by atoms with Gasteiger partial charge in [-0.05, 0) is 31.0 Å². The van der Waals surface area contributed by atoms with Gasteiger partial charge in [0, 0.05) is 19.7 Å². The van der Waals surface area contributed by atoms with E-state index in [0.717, 1.165) is 16.7 Å². The fourth-order valence-electron chi connectivity index (χ4n) is 2.31. The Morgan fingerprint density at radius 3 is 2.95 bits per heavy atom. The molecular weight excluding hydrogens is 280 g/mol. The van der Waals surface area contributed by atoms with Crippen molar-refractivity contribution in [1.29, 1.82) is 0 Å². The number of aryl methyl sites for hydroxylation is 2. The zero-order valence-corrected chi connectivity index (χ0v) is 12.6. The predicted molar refractivity (Wildman–Crippen MR) is 82.1 cm³/mol. The number of benzene rings is 1. The maximum atomic E-state index is 12.0. The molecule has 2 heterocycles. The first-order chi connectivity index (χ1) is 10.6. The number of amides is 1. The molecule has 0 saturated carbocycles. The molecule has 1 unspecified atom stereocenters. The van der Waals surface area contributed by atoms with Crippen LogP contribution in [0.4, 0.5) is 0 Å². The number of aromatic nitrogens is 3. The quantitative estimate of drug-likeness (QED) is 0.785. The Morgan fingerprint density at radius 1 is 1.41 bits per heavy atom. The largest absolute Gasteiger partial charge is 0.438 e. The first-order valence-electron chi connectivity index (χ1n) is 7.24. The average Bonchev–Trinajstić information content (AvgIpc) is 3.11. The lowest BCUT2D eigenvalue weighted by atomic mass is 10.2. The van der Waals surface area contributed by atoms with Gasteiger partial charge in [-0.3, -0.25) is 9.48 Å². The number of hydrogen-bond donors (Lipinski definition) is 1. The van der Waals surface area contributed by atoms with Gasteiger partial charge in [-0.2, -0.15) is 5.10 Å². The van der Waals surface area contributed by atoms with Crippen molar-refractivity contribution >= 4 is 17.0 Å². The van der Waals surface area contributed by atoms with E-state index in [1.807, 2.05) is 44.4 Å². The number of oxazole rings is 1. The van der Waals surface area contributed by atoms with E-state index < -0.39 is 0 Å². The van der Waals surface area contributed by atoms with E-state index in [1.54, 1.807) is 10.9 Å². The topological polar surface area (TPSA) is 73.0 Å². The summed E-state index contributed by atoms with van der Waals surface area (Å²) in [5.74, 6) is 0.495. The fourth-order valence-corrected chi connectivity index (χ4v) is 2.31. The molecule has 0 spiro atoms. The van der Waals surface area contributed by atoms with Crippen molar-refractivity contribution in [3.8, 4) is 0 Å². The third-order valence-corrected chi connectivity index (χ3v) is 3.46. The van der Waals surface area contributed by atoms with Gasteiger partial charge in [-0.15, -0.1) is 0 Å². The lowest BCUT2D eigenvalue weighted by molar-refractivity contribution is -0.121. The molecule has 114 valence electrons. The molecule has 6 nitrogen and oxygen atoms in total. The summed E-state index contributed by atoms with van der Waals surface area (Å²) in [5, 5.41) is 7.00. The second-order valence-electron chi connectivity index (χ2n) is 5.33. The van der Waals surface area contributed by atoms with Crippen LogP contribution in [0.1, 0.15) is 30.8 Å². The monoisotopic (exact) mass is 298 g/mol. The third-order valence-electron chi connectivity index (χ3n) is 3.46. The summed E-state index contributed by atoms with van der Waals surface area (Å²) in [6.45, 7) is 1.87. The third kappa shape index (κ3) is 3.16.